The fraction of sp³-hybridized carbons (Fsp3) is 0.333. The number of nitro benzene ring substituents is 1. The SMILES string of the molecule is CC(C)OC(=O)CCCCC(=O)N(Cc1cc(C(=O)OC(C)C)c2c(O)cccc2c1)C(C)C(Cc1ccc(C(=O)Nc2ccccc2)o1)c1ccc([N+](=O)[O-])cc1. The number of fused-ring (bicyclic) bond motifs is 1. The predicted octanol–water partition coefficient (Wildman–Crippen LogP) is 9.12. The number of nitro groups is 1. The Morgan fingerprint density at radius 2 is 1.52 bits per heavy atom. The maximum atomic E-state index is 14.4. The number of hydrogen-bond donors (Lipinski definition) is 2. The van der Waals surface area contributed by atoms with Gasteiger partial charge in [0.05, 0.1) is 22.7 Å². The Morgan fingerprint density at radius 3 is 2.19 bits per heavy atom. The van der Waals surface area contributed by atoms with E-state index in [9.17, 15) is 34.4 Å². The molecule has 0 aliphatic heterocycles. The summed E-state index contributed by atoms with van der Waals surface area (Å²) in [5.41, 5.74) is 1.92. The van der Waals surface area contributed by atoms with Crippen molar-refractivity contribution < 1.29 is 43.1 Å². The highest BCUT2D eigenvalue weighted by Gasteiger charge is 2.31. The summed E-state index contributed by atoms with van der Waals surface area (Å²) in [6.07, 6.45) is 0.589. The van der Waals surface area contributed by atoms with Gasteiger partial charge in [-0.15, -0.1) is 0 Å². The number of furan rings is 1. The van der Waals surface area contributed by atoms with Crippen LogP contribution in [-0.2, 0) is 32.0 Å². The van der Waals surface area contributed by atoms with Crippen LogP contribution >= 0.6 is 0 Å². The molecule has 2 N–H and O–H groups in total. The van der Waals surface area contributed by atoms with E-state index in [1.807, 2.05) is 13.0 Å². The normalized spacial score (nSPS) is 12.3. The van der Waals surface area contributed by atoms with Crippen LogP contribution in [0.1, 0.15) is 104 Å². The van der Waals surface area contributed by atoms with E-state index in [4.69, 9.17) is 13.9 Å². The van der Waals surface area contributed by atoms with Crippen LogP contribution in [0.2, 0.25) is 0 Å². The minimum atomic E-state index is -0.628. The summed E-state index contributed by atoms with van der Waals surface area (Å²) in [5, 5.41) is 26.1. The van der Waals surface area contributed by atoms with E-state index >= 15 is 0 Å². The van der Waals surface area contributed by atoms with Crippen LogP contribution in [0.4, 0.5) is 11.4 Å². The Hall–Kier alpha value is -6.50. The lowest BCUT2D eigenvalue weighted by Gasteiger charge is -2.35. The minimum Gasteiger partial charge on any atom is -0.507 e. The minimum absolute atomic E-state index is 0.0370. The number of anilines is 1. The second kappa shape index (κ2) is 19.6. The molecule has 13 heteroatoms. The zero-order valence-electron chi connectivity index (χ0n) is 33.3. The number of carbonyl (C=O) groups excluding carboxylic acids is 4. The maximum Gasteiger partial charge on any atom is 0.339 e. The van der Waals surface area contributed by atoms with Gasteiger partial charge in [0.2, 0.25) is 5.91 Å². The number of carbonyl (C=O) groups is 4. The van der Waals surface area contributed by atoms with E-state index in [2.05, 4.69) is 5.32 Å². The molecule has 0 spiro atoms. The maximum absolute atomic E-state index is 14.4. The highest BCUT2D eigenvalue weighted by atomic mass is 16.6. The van der Waals surface area contributed by atoms with Crippen molar-refractivity contribution in [3.8, 4) is 5.75 Å². The molecule has 304 valence electrons. The molecular weight excluding hydrogens is 743 g/mol. The molecule has 0 bridgehead atoms. The molecule has 0 saturated heterocycles. The predicted molar refractivity (Wildman–Crippen MR) is 219 cm³/mol. The fourth-order valence-corrected chi connectivity index (χ4v) is 6.83. The molecule has 5 aromatic rings. The first-order chi connectivity index (χ1) is 27.7. The first-order valence-electron chi connectivity index (χ1n) is 19.3. The number of rotatable bonds is 18. The lowest BCUT2D eigenvalue weighted by atomic mass is 9.86. The molecule has 2 unspecified atom stereocenters. The Labute approximate surface area is 337 Å². The van der Waals surface area contributed by atoms with Gasteiger partial charge in [0, 0.05) is 61.0 Å². The smallest absolute Gasteiger partial charge is 0.339 e. The van der Waals surface area contributed by atoms with Gasteiger partial charge in [-0.05, 0) is 106 Å². The third kappa shape index (κ3) is 11.3. The number of phenols is 1. The first-order valence-corrected chi connectivity index (χ1v) is 19.3. The third-order valence-corrected chi connectivity index (χ3v) is 9.58. The third-order valence-electron chi connectivity index (χ3n) is 9.58. The van der Waals surface area contributed by atoms with E-state index in [0.29, 0.717) is 46.2 Å². The second-order valence-electron chi connectivity index (χ2n) is 14.7. The number of amides is 2. The number of para-hydroxylation sites is 1. The van der Waals surface area contributed by atoms with Crippen molar-refractivity contribution in [2.75, 3.05) is 5.32 Å². The van der Waals surface area contributed by atoms with Gasteiger partial charge in [0.15, 0.2) is 5.76 Å². The molecule has 0 radical (unpaired) electrons. The van der Waals surface area contributed by atoms with Gasteiger partial charge in [-0.2, -0.15) is 0 Å². The van der Waals surface area contributed by atoms with Crippen molar-refractivity contribution in [1.29, 1.82) is 0 Å². The molecule has 5 rings (SSSR count). The molecule has 2 atom stereocenters. The van der Waals surface area contributed by atoms with Crippen molar-refractivity contribution >= 4 is 45.9 Å². The molecule has 58 heavy (non-hydrogen) atoms. The van der Waals surface area contributed by atoms with Crippen LogP contribution in [0.3, 0.4) is 0 Å². The number of phenolic OH excluding ortho intramolecular Hbond substituents is 1. The molecule has 0 aliphatic rings. The number of hydrogen-bond acceptors (Lipinski definition) is 10. The standard InChI is InChI=1S/C45H49N3O10/c1-28(2)56-42(51)17-10-9-16-41(50)47(27-31-24-33-12-11-15-39(49)43(33)38(25-31)45(53)57-29(3)4)30(5)37(32-18-20-35(21-19-32)48(54)55)26-36-22-23-40(58-36)44(52)46-34-13-7-6-8-14-34/h6-8,11-15,18-25,28-30,37,49H,9-10,16-17,26-27H2,1-5H3,(H,46,52). The van der Waals surface area contributed by atoms with E-state index in [0.717, 1.165) is 0 Å². The van der Waals surface area contributed by atoms with Gasteiger partial charge >= 0.3 is 11.9 Å². The van der Waals surface area contributed by atoms with Crippen LogP contribution in [0.5, 0.6) is 5.75 Å². The number of non-ortho nitro benzene ring substituents is 1. The van der Waals surface area contributed by atoms with Crippen molar-refractivity contribution in [2.24, 2.45) is 0 Å². The zero-order valence-corrected chi connectivity index (χ0v) is 33.3. The molecule has 0 saturated carbocycles. The Kier molecular flexibility index (Phi) is 14.4. The van der Waals surface area contributed by atoms with E-state index in [-0.39, 0.29) is 66.5 Å². The van der Waals surface area contributed by atoms with E-state index < -0.39 is 34.9 Å². The van der Waals surface area contributed by atoms with Gasteiger partial charge in [0.25, 0.3) is 11.6 Å². The largest absolute Gasteiger partial charge is 0.507 e. The molecule has 0 fully saturated rings. The second-order valence-corrected chi connectivity index (χ2v) is 14.7. The zero-order chi connectivity index (χ0) is 41.9. The number of nitrogens with one attached hydrogen (secondary N) is 1. The monoisotopic (exact) mass is 791 g/mol. The van der Waals surface area contributed by atoms with E-state index in [1.165, 1.54) is 18.2 Å². The molecule has 1 heterocycles. The molecule has 13 nitrogen and oxygen atoms in total. The molecule has 1 aromatic heterocycles. The van der Waals surface area contributed by atoms with E-state index in [1.54, 1.807) is 105 Å². The number of esters is 2. The van der Waals surface area contributed by atoms with Gasteiger partial charge in [-0.1, -0.05) is 42.5 Å². The highest BCUT2D eigenvalue weighted by Crippen LogP contribution is 2.34. The number of benzene rings is 4. The first kappa shape index (κ1) is 42.6. The topological polar surface area (TPSA) is 179 Å². The summed E-state index contributed by atoms with van der Waals surface area (Å²) in [6, 6.07) is 26.1. The lowest BCUT2D eigenvalue weighted by Crippen LogP contribution is -2.42. The molecular formula is C45H49N3O10. The number of unbranched alkanes of at least 4 members (excludes halogenated alkanes) is 1. The quantitative estimate of drug-likeness (QED) is 0.0376. The Balaban J connectivity index is 1.52. The molecule has 4 aromatic carbocycles. The highest BCUT2D eigenvalue weighted by molar-refractivity contribution is 6.07. The molecule has 2 amide bonds. The van der Waals surface area contributed by atoms with Gasteiger partial charge < -0.3 is 29.2 Å². The summed E-state index contributed by atoms with van der Waals surface area (Å²) in [6.45, 7) is 8.90. The van der Waals surface area contributed by atoms with Crippen molar-refractivity contribution in [3.05, 3.63) is 135 Å². The average Bonchev–Trinajstić information content (AvgIpc) is 3.66. The average molecular weight is 792 g/mol. The van der Waals surface area contributed by atoms with Crippen LogP contribution in [-0.4, -0.2) is 56.9 Å². The van der Waals surface area contributed by atoms with Gasteiger partial charge in [0.1, 0.15) is 11.5 Å². The summed E-state index contributed by atoms with van der Waals surface area (Å²) in [7, 11) is 0. The Bertz CT molecular complexity index is 2230. The fourth-order valence-electron chi connectivity index (χ4n) is 6.83. The van der Waals surface area contributed by atoms with Gasteiger partial charge in [-0.25, -0.2) is 4.79 Å². The summed E-state index contributed by atoms with van der Waals surface area (Å²) < 4.78 is 16.9. The summed E-state index contributed by atoms with van der Waals surface area (Å²) in [5.74, 6) is -1.72. The van der Waals surface area contributed by atoms with Crippen molar-refractivity contribution in [1.82, 2.24) is 4.90 Å². The van der Waals surface area contributed by atoms with Crippen molar-refractivity contribution in [2.45, 2.75) is 97.4 Å². The molecule has 0 aliphatic carbocycles. The summed E-state index contributed by atoms with van der Waals surface area (Å²) in [4.78, 5) is 65.9. The van der Waals surface area contributed by atoms with Crippen LogP contribution < -0.4 is 5.32 Å². The van der Waals surface area contributed by atoms with Crippen LogP contribution in [0.15, 0.2) is 101 Å². The van der Waals surface area contributed by atoms with Crippen LogP contribution in [0, 0.1) is 10.1 Å². The number of aromatic hydroxyl groups is 1. The number of ether oxygens (including phenoxy) is 2. The van der Waals surface area contributed by atoms with Crippen molar-refractivity contribution in [3.63, 3.8) is 0 Å². The van der Waals surface area contributed by atoms with Crippen LogP contribution in [0.25, 0.3) is 10.8 Å². The number of nitrogens with zero attached hydrogens (tertiary/aromatic N) is 2. The Morgan fingerprint density at radius 1 is 0.828 bits per heavy atom. The lowest BCUT2D eigenvalue weighted by molar-refractivity contribution is -0.384. The summed E-state index contributed by atoms with van der Waals surface area (Å²) >= 11 is 0. The van der Waals surface area contributed by atoms with Gasteiger partial charge in [-0.3, -0.25) is 24.5 Å².